The van der Waals surface area contributed by atoms with Crippen LogP contribution in [0.4, 0.5) is 5.69 Å². The fourth-order valence-corrected chi connectivity index (χ4v) is 5.59. The van der Waals surface area contributed by atoms with Crippen molar-refractivity contribution in [3.63, 3.8) is 0 Å². The summed E-state index contributed by atoms with van der Waals surface area (Å²) < 4.78 is 34.0. The standard InChI is InChI=1S/C30H37N3O5S/c1-5-20-31-30(35)28(6-2)32(21-24-10-8-7-9-11-24)29(34)22-33(25-14-12-23(3)13-15-25)39(36,37)27-18-16-26(38-4)17-19-27/h7-19,28H,5-6,20-22H2,1-4H3,(H,31,35)/t28-/m1/s1. The minimum Gasteiger partial charge on any atom is -0.497 e. The first-order chi connectivity index (χ1) is 18.7. The van der Waals surface area contributed by atoms with Crippen LogP contribution in [-0.4, -0.2) is 51.4 Å². The number of amides is 2. The average Bonchev–Trinajstić information content (AvgIpc) is 2.95. The Hall–Kier alpha value is -3.85. The number of hydrogen-bond acceptors (Lipinski definition) is 5. The van der Waals surface area contributed by atoms with Gasteiger partial charge in [-0.05, 0) is 61.7 Å². The molecule has 0 saturated heterocycles. The molecule has 0 bridgehead atoms. The summed E-state index contributed by atoms with van der Waals surface area (Å²) in [5.41, 5.74) is 2.15. The second kappa shape index (κ2) is 13.8. The van der Waals surface area contributed by atoms with Crippen LogP contribution in [0.15, 0.2) is 83.8 Å². The fourth-order valence-electron chi connectivity index (χ4n) is 4.18. The molecule has 3 aromatic carbocycles. The van der Waals surface area contributed by atoms with Crippen molar-refractivity contribution < 1.29 is 22.7 Å². The first-order valence-corrected chi connectivity index (χ1v) is 14.5. The Morgan fingerprint density at radius 2 is 1.56 bits per heavy atom. The van der Waals surface area contributed by atoms with Gasteiger partial charge in [-0.15, -0.1) is 0 Å². The summed E-state index contributed by atoms with van der Waals surface area (Å²) in [6.45, 7) is 5.89. The van der Waals surface area contributed by atoms with E-state index in [0.717, 1.165) is 21.9 Å². The lowest BCUT2D eigenvalue weighted by molar-refractivity contribution is -0.140. The van der Waals surface area contributed by atoms with Gasteiger partial charge in [0, 0.05) is 13.1 Å². The van der Waals surface area contributed by atoms with Crippen molar-refractivity contribution in [2.45, 2.75) is 51.1 Å². The number of hydrogen-bond donors (Lipinski definition) is 1. The van der Waals surface area contributed by atoms with Crippen molar-refractivity contribution in [2.75, 3.05) is 24.5 Å². The van der Waals surface area contributed by atoms with Gasteiger partial charge in [-0.2, -0.15) is 0 Å². The Bertz CT molecular complexity index is 1330. The molecule has 0 heterocycles. The smallest absolute Gasteiger partial charge is 0.264 e. The number of benzene rings is 3. The SMILES string of the molecule is CCCNC(=O)[C@@H](CC)N(Cc1ccccc1)C(=O)CN(c1ccc(C)cc1)S(=O)(=O)c1ccc(OC)cc1. The molecular weight excluding hydrogens is 514 g/mol. The van der Waals surface area contributed by atoms with Crippen molar-refractivity contribution in [3.8, 4) is 5.75 Å². The molecule has 208 valence electrons. The molecular formula is C30H37N3O5S. The van der Waals surface area contributed by atoms with Crippen LogP contribution >= 0.6 is 0 Å². The van der Waals surface area contributed by atoms with E-state index < -0.39 is 28.5 Å². The number of nitrogens with zero attached hydrogens (tertiary/aromatic N) is 2. The molecule has 0 aliphatic rings. The van der Waals surface area contributed by atoms with E-state index in [1.165, 1.54) is 24.1 Å². The number of aryl methyl sites for hydroxylation is 1. The van der Waals surface area contributed by atoms with Crippen LogP contribution in [-0.2, 0) is 26.2 Å². The van der Waals surface area contributed by atoms with E-state index in [4.69, 9.17) is 4.74 Å². The van der Waals surface area contributed by atoms with Crippen LogP contribution in [0.25, 0.3) is 0 Å². The Labute approximate surface area is 231 Å². The van der Waals surface area contributed by atoms with Crippen molar-refractivity contribution >= 4 is 27.5 Å². The number of carbonyl (C=O) groups is 2. The molecule has 0 radical (unpaired) electrons. The molecule has 9 heteroatoms. The van der Waals surface area contributed by atoms with E-state index in [1.54, 1.807) is 36.4 Å². The van der Waals surface area contributed by atoms with Crippen LogP contribution in [0.2, 0.25) is 0 Å². The summed E-state index contributed by atoms with van der Waals surface area (Å²) in [5.74, 6) is -0.219. The normalized spacial score (nSPS) is 11.9. The predicted molar refractivity (Wildman–Crippen MR) is 153 cm³/mol. The zero-order chi connectivity index (χ0) is 28.4. The summed E-state index contributed by atoms with van der Waals surface area (Å²) >= 11 is 0. The number of nitrogens with one attached hydrogen (secondary N) is 1. The maximum Gasteiger partial charge on any atom is 0.264 e. The molecule has 0 aliphatic heterocycles. The number of ether oxygens (including phenoxy) is 1. The van der Waals surface area contributed by atoms with Crippen molar-refractivity contribution in [1.29, 1.82) is 0 Å². The second-order valence-electron chi connectivity index (χ2n) is 9.25. The van der Waals surface area contributed by atoms with E-state index >= 15 is 0 Å². The van der Waals surface area contributed by atoms with Crippen LogP contribution in [0.5, 0.6) is 5.75 Å². The lowest BCUT2D eigenvalue weighted by Crippen LogP contribution is -2.52. The van der Waals surface area contributed by atoms with Gasteiger partial charge in [-0.3, -0.25) is 13.9 Å². The topological polar surface area (TPSA) is 96.0 Å². The minimum absolute atomic E-state index is 0.0269. The molecule has 39 heavy (non-hydrogen) atoms. The van der Waals surface area contributed by atoms with E-state index in [1.807, 2.05) is 51.1 Å². The highest BCUT2D eigenvalue weighted by molar-refractivity contribution is 7.92. The Balaban J connectivity index is 2.03. The second-order valence-corrected chi connectivity index (χ2v) is 11.1. The maximum atomic E-state index is 14.0. The number of rotatable bonds is 13. The van der Waals surface area contributed by atoms with E-state index in [-0.39, 0.29) is 17.3 Å². The van der Waals surface area contributed by atoms with Gasteiger partial charge in [0.1, 0.15) is 18.3 Å². The molecule has 1 N–H and O–H groups in total. The molecule has 0 fully saturated rings. The third-order valence-corrected chi connectivity index (χ3v) is 8.17. The van der Waals surface area contributed by atoms with Crippen LogP contribution in [0.3, 0.4) is 0 Å². The van der Waals surface area contributed by atoms with Crippen molar-refractivity contribution in [3.05, 3.63) is 90.0 Å². The lowest BCUT2D eigenvalue weighted by Gasteiger charge is -2.33. The predicted octanol–water partition coefficient (Wildman–Crippen LogP) is 4.53. The summed E-state index contributed by atoms with van der Waals surface area (Å²) in [4.78, 5) is 28.6. The molecule has 1 atom stereocenters. The van der Waals surface area contributed by atoms with Crippen LogP contribution in [0.1, 0.15) is 37.8 Å². The van der Waals surface area contributed by atoms with E-state index in [9.17, 15) is 18.0 Å². The van der Waals surface area contributed by atoms with E-state index in [2.05, 4.69) is 5.32 Å². The highest BCUT2D eigenvalue weighted by atomic mass is 32.2. The summed E-state index contributed by atoms with van der Waals surface area (Å²) in [5, 5.41) is 2.89. The number of carbonyl (C=O) groups excluding carboxylic acids is 2. The van der Waals surface area contributed by atoms with Crippen molar-refractivity contribution in [2.24, 2.45) is 0 Å². The summed E-state index contributed by atoms with van der Waals surface area (Å²) in [6, 6.07) is 21.6. The fraction of sp³-hybridized carbons (Fsp3) is 0.333. The first kappa shape index (κ1) is 29.7. The van der Waals surface area contributed by atoms with E-state index in [0.29, 0.717) is 24.4 Å². The van der Waals surface area contributed by atoms with Gasteiger partial charge >= 0.3 is 0 Å². The zero-order valence-electron chi connectivity index (χ0n) is 23.0. The molecule has 0 saturated carbocycles. The third-order valence-electron chi connectivity index (χ3n) is 6.38. The molecule has 0 aliphatic carbocycles. The lowest BCUT2D eigenvalue weighted by atomic mass is 10.1. The first-order valence-electron chi connectivity index (χ1n) is 13.1. The number of methoxy groups -OCH3 is 1. The molecule has 0 unspecified atom stereocenters. The van der Waals surface area contributed by atoms with Gasteiger partial charge in [0.2, 0.25) is 11.8 Å². The van der Waals surface area contributed by atoms with Gasteiger partial charge in [-0.25, -0.2) is 8.42 Å². The Kier molecular flexibility index (Phi) is 10.5. The Morgan fingerprint density at radius 3 is 2.13 bits per heavy atom. The highest BCUT2D eigenvalue weighted by Gasteiger charge is 2.33. The molecule has 3 aromatic rings. The quantitative estimate of drug-likeness (QED) is 0.337. The summed E-state index contributed by atoms with van der Waals surface area (Å²) in [7, 11) is -2.63. The van der Waals surface area contributed by atoms with Gasteiger partial charge in [0.25, 0.3) is 10.0 Å². The largest absolute Gasteiger partial charge is 0.497 e. The molecule has 0 spiro atoms. The van der Waals surface area contributed by atoms with Crippen LogP contribution in [0, 0.1) is 6.92 Å². The van der Waals surface area contributed by atoms with Crippen LogP contribution < -0.4 is 14.4 Å². The maximum absolute atomic E-state index is 14.0. The van der Waals surface area contributed by atoms with Gasteiger partial charge < -0.3 is 15.0 Å². The molecule has 2 amide bonds. The van der Waals surface area contributed by atoms with Gasteiger partial charge in [-0.1, -0.05) is 61.9 Å². The zero-order valence-corrected chi connectivity index (χ0v) is 23.8. The molecule has 8 nitrogen and oxygen atoms in total. The van der Waals surface area contributed by atoms with Gasteiger partial charge in [0.05, 0.1) is 17.7 Å². The van der Waals surface area contributed by atoms with Gasteiger partial charge in [0.15, 0.2) is 0 Å². The third kappa shape index (κ3) is 7.60. The number of anilines is 1. The average molecular weight is 552 g/mol. The summed E-state index contributed by atoms with van der Waals surface area (Å²) in [6.07, 6.45) is 1.14. The minimum atomic E-state index is -4.13. The Morgan fingerprint density at radius 1 is 0.923 bits per heavy atom. The van der Waals surface area contributed by atoms with Crippen molar-refractivity contribution in [1.82, 2.24) is 10.2 Å². The number of sulfonamides is 1. The monoisotopic (exact) mass is 551 g/mol. The highest BCUT2D eigenvalue weighted by Crippen LogP contribution is 2.26. The molecule has 3 rings (SSSR count). The molecule has 0 aromatic heterocycles.